The molecule has 9 heteroatoms. The average molecular weight is 458 g/mol. The van der Waals surface area contributed by atoms with Gasteiger partial charge in [0, 0.05) is 12.5 Å². The summed E-state index contributed by atoms with van der Waals surface area (Å²) >= 11 is 0. The Bertz CT molecular complexity index is 1270. The zero-order chi connectivity index (χ0) is 23.3. The third kappa shape index (κ3) is 5.23. The van der Waals surface area contributed by atoms with Gasteiger partial charge < -0.3 is 10.1 Å². The molecule has 0 fully saturated rings. The maximum atomic E-state index is 12.6. The molecule has 1 N–H and O–H groups in total. The van der Waals surface area contributed by atoms with Gasteiger partial charge in [0.25, 0.3) is 5.56 Å². The second kappa shape index (κ2) is 10.1. The Labute approximate surface area is 187 Å². The Balaban J connectivity index is 1.73. The number of hydrogen-bond donors (Lipinski definition) is 1. The van der Waals surface area contributed by atoms with Crippen molar-refractivity contribution in [1.82, 2.24) is 15.1 Å². The van der Waals surface area contributed by atoms with Crippen LogP contribution in [0.1, 0.15) is 25.1 Å². The van der Waals surface area contributed by atoms with E-state index in [1.165, 1.54) is 16.8 Å². The zero-order valence-electron chi connectivity index (χ0n) is 18.4. The van der Waals surface area contributed by atoms with Crippen LogP contribution >= 0.6 is 0 Å². The Morgan fingerprint density at radius 1 is 1.09 bits per heavy atom. The van der Waals surface area contributed by atoms with Crippen molar-refractivity contribution in [3.05, 3.63) is 70.1 Å². The van der Waals surface area contributed by atoms with E-state index in [4.69, 9.17) is 4.74 Å². The topological polar surface area (TPSA) is 107 Å². The normalized spacial score (nSPS) is 11.8. The van der Waals surface area contributed by atoms with Crippen molar-refractivity contribution < 1.29 is 17.9 Å². The molecular weight excluding hydrogens is 430 g/mol. The standard InChI is InChI=1S/C23H27N3O5S/c1-16(2)32(29,30)18-10-8-17(9-11-18)14-22(27)24-15-21-19-6-4-5-7-20(19)23(28)26(25-21)12-13-31-3/h4-11,16H,12-15H2,1-3H3,(H,24,27). The van der Waals surface area contributed by atoms with E-state index in [1.54, 1.807) is 51.3 Å². The highest BCUT2D eigenvalue weighted by molar-refractivity contribution is 7.92. The monoisotopic (exact) mass is 457 g/mol. The fraction of sp³-hybridized carbons (Fsp3) is 0.348. The summed E-state index contributed by atoms with van der Waals surface area (Å²) in [5.74, 6) is -0.231. The summed E-state index contributed by atoms with van der Waals surface area (Å²) < 4.78 is 30.9. The summed E-state index contributed by atoms with van der Waals surface area (Å²) in [5, 5.41) is 7.97. The number of hydrogen-bond acceptors (Lipinski definition) is 6. The summed E-state index contributed by atoms with van der Waals surface area (Å²) in [6.07, 6.45) is 0.100. The second-order valence-corrected chi connectivity index (χ2v) is 10.2. The van der Waals surface area contributed by atoms with Gasteiger partial charge >= 0.3 is 0 Å². The van der Waals surface area contributed by atoms with Crippen LogP contribution in [-0.2, 0) is 38.9 Å². The molecule has 0 bridgehead atoms. The molecular formula is C23H27N3O5S. The summed E-state index contributed by atoms with van der Waals surface area (Å²) in [6.45, 7) is 4.08. The molecule has 32 heavy (non-hydrogen) atoms. The van der Waals surface area contributed by atoms with Crippen LogP contribution in [0.15, 0.2) is 58.2 Å². The number of carbonyl (C=O) groups excluding carboxylic acids is 1. The Hall–Kier alpha value is -3.04. The molecule has 0 aliphatic rings. The number of rotatable bonds is 9. The molecule has 0 spiro atoms. The van der Waals surface area contributed by atoms with Crippen molar-refractivity contribution in [3.8, 4) is 0 Å². The number of carbonyl (C=O) groups is 1. The van der Waals surface area contributed by atoms with Gasteiger partial charge in [-0.3, -0.25) is 9.59 Å². The van der Waals surface area contributed by atoms with Crippen molar-refractivity contribution in [3.63, 3.8) is 0 Å². The summed E-state index contributed by atoms with van der Waals surface area (Å²) in [6, 6.07) is 13.5. The third-order valence-electron chi connectivity index (χ3n) is 5.14. The molecule has 3 rings (SSSR count). The van der Waals surface area contributed by atoms with Crippen molar-refractivity contribution in [2.24, 2.45) is 0 Å². The van der Waals surface area contributed by atoms with Crippen LogP contribution in [-0.4, -0.2) is 43.1 Å². The highest BCUT2D eigenvalue weighted by Crippen LogP contribution is 2.17. The highest BCUT2D eigenvalue weighted by atomic mass is 32.2. The first-order chi connectivity index (χ1) is 15.2. The van der Waals surface area contributed by atoms with E-state index in [1.807, 2.05) is 6.07 Å². The first-order valence-electron chi connectivity index (χ1n) is 10.3. The number of aromatic nitrogens is 2. The van der Waals surface area contributed by atoms with E-state index in [0.29, 0.717) is 35.2 Å². The quantitative estimate of drug-likeness (QED) is 0.527. The van der Waals surface area contributed by atoms with Gasteiger partial charge in [-0.25, -0.2) is 13.1 Å². The van der Waals surface area contributed by atoms with Crippen LogP contribution in [0.5, 0.6) is 0 Å². The van der Waals surface area contributed by atoms with Crippen LogP contribution in [0.3, 0.4) is 0 Å². The average Bonchev–Trinajstić information content (AvgIpc) is 2.78. The molecule has 1 heterocycles. The molecule has 0 aliphatic heterocycles. The maximum Gasteiger partial charge on any atom is 0.274 e. The van der Waals surface area contributed by atoms with E-state index in [-0.39, 0.29) is 29.3 Å². The molecule has 1 amide bonds. The van der Waals surface area contributed by atoms with E-state index in [9.17, 15) is 18.0 Å². The van der Waals surface area contributed by atoms with Gasteiger partial charge in [-0.1, -0.05) is 30.3 Å². The molecule has 0 aliphatic carbocycles. The van der Waals surface area contributed by atoms with Gasteiger partial charge in [0.2, 0.25) is 5.91 Å². The predicted octanol–water partition coefficient (Wildman–Crippen LogP) is 2.08. The number of benzene rings is 2. The minimum absolute atomic E-state index is 0.100. The number of ether oxygens (including phenoxy) is 1. The molecule has 0 saturated heterocycles. The lowest BCUT2D eigenvalue weighted by Crippen LogP contribution is -2.30. The van der Waals surface area contributed by atoms with Crippen LogP contribution in [0.2, 0.25) is 0 Å². The second-order valence-electron chi connectivity index (χ2n) is 7.70. The fourth-order valence-corrected chi connectivity index (χ4v) is 4.32. The van der Waals surface area contributed by atoms with Gasteiger partial charge in [-0.2, -0.15) is 5.10 Å². The maximum absolute atomic E-state index is 12.6. The van der Waals surface area contributed by atoms with E-state index < -0.39 is 15.1 Å². The molecule has 1 aromatic heterocycles. The molecule has 0 unspecified atom stereocenters. The van der Waals surface area contributed by atoms with Gasteiger partial charge in [-0.05, 0) is 37.6 Å². The van der Waals surface area contributed by atoms with Crippen LogP contribution in [0.4, 0.5) is 0 Å². The largest absolute Gasteiger partial charge is 0.383 e. The molecule has 3 aromatic rings. The van der Waals surface area contributed by atoms with Gasteiger partial charge in [0.05, 0.1) is 47.3 Å². The van der Waals surface area contributed by atoms with Crippen molar-refractivity contribution in [1.29, 1.82) is 0 Å². The Morgan fingerprint density at radius 2 is 1.75 bits per heavy atom. The molecule has 8 nitrogen and oxygen atoms in total. The van der Waals surface area contributed by atoms with Gasteiger partial charge in [0.1, 0.15) is 0 Å². The summed E-state index contributed by atoms with van der Waals surface area (Å²) in [4.78, 5) is 25.4. The summed E-state index contributed by atoms with van der Waals surface area (Å²) in [7, 11) is -1.80. The number of nitrogens with one attached hydrogen (secondary N) is 1. The first kappa shape index (κ1) is 23.6. The lowest BCUT2D eigenvalue weighted by Gasteiger charge is -2.12. The Morgan fingerprint density at radius 3 is 2.38 bits per heavy atom. The molecule has 0 atom stereocenters. The smallest absolute Gasteiger partial charge is 0.274 e. The van der Waals surface area contributed by atoms with E-state index >= 15 is 0 Å². The number of fused-ring (bicyclic) bond motifs is 1. The van der Waals surface area contributed by atoms with Gasteiger partial charge in [0.15, 0.2) is 9.84 Å². The molecule has 0 saturated carbocycles. The summed E-state index contributed by atoms with van der Waals surface area (Å²) in [5.41, 5.74) is 1.08. The predicted molar refractivity (Wildman–Crippen MR) is 122 cm³/mol. The molecule has 0 radical (unpaired) electrons. The number of amides is 1. The first-order valence-corrected chi connectivity index (χ1v) is 11.9. The van der Waals surface area contributed by atoms with Crippen LogP contribution < -0.4 is 10.9 Å². The molecule has 2 aromatic carbocycles. The minimum atomic E-state index is -3.35. The highest BCUT2D eigenvalue weighted by Gasteiger charge is 2.19. The number of nitrogens with zero attached hydrogens (tertiary/aromatic N) is 2. The fourth-order valence-electron chi connectivity index (χ4n) is 3.26. The number of sulfone groups is 1. The SMILES string of the molecule is COCCn1nc(CNC(=O)Cc2ccc(S(=O)(=O)C(C)C)cc2)c2ccccc2c1=O. The lowest BCUT2D eigenvalue weighted by atomic mass is 10.1. The van der Waals surface area contributed by atoms with Crippen LogP contribution in [0, 0.1) is 0 Å². The zero-order valence-corrected chi connectivity index (χ0v) is 19.2. The van der Waals surface area contributed by atoms with Crippen LogP contribution in [0.25, 0.3) is 10.8 Å². The third-order valence-corrected chi connectivity index (χ3v) is 7.31. The van der Waals surface area contributed by atoms with E-state index in [2.05, 4.69) is 10.4 Å². The van der Waals surface area contributed by atoms with Gasteiger partial charge in [-0.15, -0.1) is 0 Å². The van der Waals surface area contributed by atoms with E-state index in [0.717, 1.165) is 0 Å². The molecule has 170 valence electrons. The lowest BCUT2D eigenvalue weighted by molar-refractivity contribution is -0.120. The van der Waals surface area contributed by atoms with Crippen molar-refractivity contribution in [2.45, 2.75) is 43.5 Å². The Kier molecular flexibility index (Phi) is 7.42. The van der Waals surface area contributed by atoms with Crippen molar-refractivity contribution >= 4 is 26.5 Å². The van der Waals surface area contributed by atoms with Crippen molar-refractivity contribution in [2.75, 3.05) is 13.7 Å². The number of methoxy groups -OCH3 is 1. The minimum Gasteiger partial charge on any atom is -0.383 e.